The summed E-state index contributed by atoms with van der Waals surface area (Å²) in [5.74, 6) is 0. The van der Waals surface area contributed by atoms with Gasteiger partial charge >= 0.3 is 6.09 Å². The minimum Gasteiger partial charge on any atom is -0.333 e. The van der Waals surface area contributed by atoms with E-state index in [4.69, 9.17) is 0 Å². The third-order valence-corrected chi connectivity index (χ3v) is 0.410. The Hall–Kier alpha value is -0.330. The van der Waals surface area contributed by atoms with Crippen LogP contribution in [0.15, 0.2) is 5.16 Å². The summed E-state index contributed by atoms with van der Waals surface area (Å²) < 4.78 is 1.29. The van der Waals surface area contributed by atoms with Crippen LogP contribution >= 0.6 is 22.6 Å². The van der Waals surface area contributed by atoms with Crippen molar-refractivity contribution in [3.8, 4) is 0 Å². The van der Waals surface area contributed by atoms with Crippen LogP contribution in [-0.2, 0) is 4.84 Å². The molecule has 0 heterocycles. The summed E-state index contributed by atoms with van der Waals surface area (Å²) in [7, 11) is 0. The highest BCUT2D eigenvalue weighted by molar-refractivity contribution is 14.1. The lowest BCUT2D eigenvalue weighted by atomic mass is 11.3. The van der Waals surface area contributed by atoms with E-state index < -0.39 is 6.09 Å². The van der Waals surface area contributed by atoms with Gasteiger partial charge in [-0.3, -0.25) is 4.84 Å². The van der Waals surface area contributed by atoms with Crippen LogP contribution in [0.2, 0.25) is 0 Å². The monoisotopic (exact) mass is 214 g/mol. The highest BCUT2D eigenvalue weighted by Crippen LogP contribution is 1.75. The van der Waals surface area contributed by atoms with E-state index >= 15 is 0 Å². The molecule has 2 N–H and O–H groups in total. The standard InChI is InChI=1S/C2H3IN2O2/c3-1-5-7-2(4)6/h1H,(H2,4,6)/b5-1-. The molecule has 0 aromatic carbocycles. The highest BCUT2D eigenvalue weighted by Gasteiger charge is 1.83. The maximum atomic E-state index is 9.64. The van der Waals surface area contributed by atoms with E-state index in [2.05, 4.69) is 15.7 Å². The van der Waals surface area contributed by atoms with Gasteiger partial charge in [-0.2, -0.15) is 0 Å². The van der Waals surface area contributed by atoms with E-state index in [0.717, 1.165) is 0 Å². The number of halogens is 1. The molecule has 0 saturated heterocycles. The van der Waals surface area contributed by atoms with Gasteiger partial charge < -0.3 is 5.73 Å². The molecule has 0 atom stereocenters. The number of carbonyl (C=O) groups excluding carboxylic acids is 1. The Morgan fingerprint density at radius 3 is 2.71 bits per heavy atom. The molecule has 0 radical (unpaired) electrons. The van der Waals surface area contributed by atoms with Gasteiger partial charge in [-0.1, -0.05) is 5.16 Å². The van der Waals surface area contributed by atoms with Gasteiger partial charge in [-0.05, 0) is 22.6 Å². The molecular formula is C2H3IN2O2. The van der Waals surface area contributed by atoms with Crippen LogP contribution in [0.3, 0.4) is 0 Å². The molecule has 0 rings (SSSR count). The van der Waals surface area contributed by atoms with Crippen molar-refractivity contribution in [2.75, 3.05) is 0 Å². The predicted molar refractivity (Wildman–Crippen MR) is 33.2 cm³/mol. The van der Waals surface area contributed by atoms with E-state index in [1.165, 1.54) is 4.22 Å². The van der Waals surface area contributed by atoms with Crippen molar-refractivity contribution in [1.82, 2.24) is 0 Å². The van der Waals surface area contributed by atoms with Crippen molar-refractivity contribution < 1.29 is 9.63 Å². The van der Waals surface area contributed by atoms with Crippen molar-refractivity contribution >= 4 is 32.9 Å². The lowest BCUT2D eigenvalue weighted by Crippen LogP contribution is -2.08. The normalized spacial score (nSPS) is 9.29. The molecule has 0 aliphatic carbocycles. The Bertz CT molecular complexity index is 91.7. The SMILES string of the molecule is NC(=O)O/N=C\I. The second-order valence-electron chi connectivity index (χ2n) is 0.613. The second kappa shape index (κ2) is 3.85. The topological polar surface area (TPSA) is 64.7 Å². The maximum absolute atomic E-state index is 9.64. The zero-order valence-corrected chi connectivity index (χ0v) is 5.45. The predicted octanol–water partition coefficient (Wildman–Crippen LogP) is 0.460. The molecule has 40 valence electrons. The smallest absolute Gasteiger partial charge is 0.333 e. The summed E-state index contributed by atoms with van der Waals surface area (Å²) in [5.41, 5.74) is 4.50. The number of hydrogen-bond donors (Lipinski definition) is 1. The van der Waals surface area contributed by atoms with Gasteiger partial charge in [-0.25, -0.2) is 4.79 Å². The van der Waals surface area contributed by atoms with E-state index in [9.17, 15) is 4.79 Å². The Morgan fingerprint density at radius 1 is 2.00 bits per heavy atom. The number of hydrogen-bond acceptors (Lipinski definition) is 3. The Kier molecular flexibility index (Phi) is 3.67. The summed E-state index contributed by atoms with van der Waals surface area (Å²) in [5, 5.41) is 3.06. The van der Waals surface area contributed by atoms with Crippen molar-refractivity contribution in [2.45, 2.75) is 0 Å². The number of nitrogens with two attached hydrogens (primary N) is 1. The minimum absolute atomic E-state index is 0.895. The molecule has 4 nitrogen and oxygen atoms in total. The van der Waals surface area contributed by atoms with Gasteiger partial charge in [0.05, 0.1) is 0 Å². The fourth-order valence-corrected chi connectivity index (χ4v) is 0.186. The molecule has 5 heteroatoms. The van der Waals surface area contributed by atoms with Crippen LogP contribution in [0.25, 0.3) is 0 Å². The largest absolute Gasteiger partial charge is 0.430 e. The summed E-state index contributed by atoms with van der Waals surface area (Å²) in [6, 6.07) is 0. The first-order valence-corrected chi connectivity index (χ1v) is 2.60. The fraction of sp³-hybridized carbons (Fsp3) is 0. The Labute approximate surface area is 53.8 Å². The van der Waals surface area contributed by atoms with Gasteiger partial charge in [-0.15, -0.1) is 0 Å². The third-order valence-electron chi connectivity index (χ3n) is 0.183. The summed E-state index contributed by atoms with van der Waals surface area (Å²) in [4.78, 5) is 13.5. The van der Waals surface area contributed by atoms with Crippen molar-refractivity contribution in [2.24, 2.45) is 10.9 Å². The first-order valence-electron chi connectivity index (χ1n) is 1.36. The zero-order chi connectivity index (χ0) is 5.70. The number of oxime groups is 1. The Morgan fingerprint density at radius 2 is 2.57 bits per heavy atom. The number of primary amides is 1. The molecule has 0 aliphatic rings. The quantitative estimate of drug-likeness (QED) is 0.298. The van der Waals surface area contributed by atoms with Crippen LogP contribution in [0.4, 0.5) is 4.79 Å². The van der Waals surface area contributed by atoms with Crippen LogP contribution in [0, 0.1) is 0 Å². The first kappa shape index (κ1) is 6.67. The molecule has 0 bridgehead atoms. The molecule has 0 aromatic heterocycles. The summed E-state index contributed by atoms with van der Waals surface area (Å²) >= 11 is 1.80. The van der Waals surface area contributed by atoms with Gasteiger partial charge in [0.1, 0.15) is 4.22 Å². The second-order valence-corrected chi connectivity index (χ2v) is 1.17. The first-order chi connectivity index (χ1) is 3.27. The van der Waals surface area contributed by atoms with Crippen LogP contribution in [0.1, 0.15) is 0 Å². The number of rotatable bonds is 1. The van der Waals surface area contributed by atoms with Crippen molar-refractivity contribution in [1.29, 1.82) is 0 Å². The highest BCUT2D eigenvalue weighted by atomic mass is 127. The molecule has 0 spiro atoms. The Balaban J connectivity index is 3.14. The molecule has 0 saturated carbocycles. The number of amides is 1. The van der Waals surface area contributed by atoms with E-state index in [0.29, 0.717) is 0 Å². The van der Waals surface area contributed by atoms with E-state index in [-0.39, 0.29) is 0 Å². The van der Waals surface area contributed by atoms with Gasteiger partial charge in [0.2, 0.25) is 0 Å². The average molecular weight is 214 g/mol. The summed E-state index contributed by atoms with van der Waals surface area (Å²) in [6.07, 6.45) is -0.895. The zero-order valence-electron chi connectivity index (χ0n) is 3.30. The van der Waals surface area contributed by atoms with Crippen molar-refractivity contribution in [3.05, 3.63) is 0 Å². The minimum atomic E-state index is -0.895. The van der Waals surface area contributed by atoms with Crippen LogP contribution in [0.5, 0.6) is 0 Å². The average Bonchev–Trinajstić information content (AvgIpc) is 1.61. The molecule has 1 amide bonds. The molecule has 0 aromatic rings. The third kappa shape index (κ3) is 5.67. The summed E-state index contributed by atoms with van der Waals surface area (Å²) in [6.45, 7) is 0. The van der Waals surface area contributed by atoms with Crippen molar-refractivity contribution in [3.63, 3.8) is 0 Å². The maximum Gasteiger partial charge on any atom is 0.430 e. The van der Waals surface area contributed by atoms with Gasteiger partial charge in [0.15, 0.2) is 0 Å². The van der Waals surface area contributed by atoms with E-state index in [1.807, 2.05) is 0 Å². The van der Waals surface area contributed by atoms with Crippen LogP contribution in [-0.4, -0.2) is 10.3 Å². The molecule has 0 aliphatic heterocycles. The lowest BCUT2D eigenvalue weighted by molar-refractivity contribution is 0.163. The molecular weight excluding hydrogens is 211 g/mol. The number of carbonyl (C=O) groups is 1. The number of nitrogens with zero attached hydrogens (tertiary/aromatic N) is 1. The molecule has 0 fully saturated rings. The molecule has 0 unspecified atom stereocenters. The molecule has 7 heavy (non-hydrogen) atoms. The lowest BCUT2D eigenvalue weighted by Gasteiger charge is -1.82. The van der Waals surface area contributed by atoms with Crippen LogP contribution < -0.4 is 5.73 Å². The fourth-order valence-electron chi connectivity index (χ4n) is 0.0719. The van der Waals surface area contributed by atoms with Gasteiger partial charge in [0, 0.05) is 0 Å². The van der Waals surface area contributed by atoms with E-state index in [1.54, 1.807) is 22.6 Å². The van der Waals surface area contributed by atoms with Gasteiger partial charge in [0.25, 0.3) is 0 Å².